The largest absolute Gasteiger partial charge is 0.416 e. The Morgan fingerprint density at radius 1 is 0.933 bits per heavy atom. The number of halogens is 3. The third-order valence-electron chi connectivity index (χ3n) is 4.11. The number of nitrogens with zero attached hydrogens (tertiary/aromatic N) is 1. The van der Waals surface area contributed by atoms with Gasteiger partial charge in [0, 0.05) is 11.6 Å². The van der Waals surface area contributed by atoms with Crippen molar-refractivity contribution >= 4 is 36.3 Å². The molecule has 0 saturated carbocycles. The van der Waals surface area contributed by atoms with Crippen molar-refractivity contribution in [3.8, 4) is 0 Å². The molecule has 160 valence electrons. The standard InChI is InChI=1S/C18H15F3N2O4S3/c19-18(20,21)16-4-2-1-3-13(16)9-12-29(24,25)14-5-7-15(8-6-14)30(26,27)23-17-22-10-11-28-17/h1-8,10-11H,9,12H2,(H,22,23). The van der Waals surface area contributed by atoms with E-state index in [1.807, 2.05) is 0 Å². The SMILES string of the molecule is O=S(=O)(CCc1ccccc1C(F)(F)F)c1ccc(S(=O)(=O)Nc2nccs2)cc1. The van der Waals surface area contributed by atoms with Gasteiger partial charge in [0.15, 0.2) is 15.0 Å². The highest BCUT2D eigenvalue weighted by Gasteiger charge is 2.33. The molecule has 0 bridgehead atoms. The van der Waals surface area contributed by atoms with Gasteiger partial charge in [0.05, 0.1) is 21.1 Å². The lowest BCUT2D eigenvalue weighted by Gasteiger charge is -2.13. The van der Waals surface area contributed by atoms with Crippen molar-refractivity contribution in [1.29, 1.82) is 0 Å². The third-order valence-corrected chi connectivity index (χ3v) is 8.01. The fraction of sp³-hybridized carbons (Fsp3) is 0.167. The summed E-state index contributed by atoms with van der Waals surface area (Å²) in [5.41, 5.74) is -1.00. The van der Waals surface area contributed by atoms with Crippen molar-refractivity contribution in [2.45, 2.75) is 22.4 Å². The second kappa shape index (κ2) is 8.36. The summed E-state index contributed by atoms with van der Waals surface area (Å²) in [7, 11) is -7.87. The molecule has 12 heteroatoms. The van der Waals surface area contributed by atoms with Crippen LogP contribution in [0.25, 0.3) is 0 Å². The average molecular weight is 477 g/mol. The number of rotatable bonds is 7. The fourth-order valence-corrected chi connectivity index (χ4v) is 5.71. The van der Waals surface area contributed by atoms with Gasteiger partial charge in [-0.05, 0) is 42.3 Å². The van der Waals surface area contributed by atoms with Crippen molar-refractivity contribution < 1.29 is 30.0 Å². The fourth-order valence-electron chi connectivity index (χ4n) is 2.65. The number of alkyl halides is 3. The van der Waals surface area contributed by atoms with Gasteiger partial charge >= 0.3 is 6.18 Å². The Morgan fingerprint density at radius 3 is 2.17 bits per heavy atom. The summed E-state index contributed by atoms with van der Waals surface area (Å²) < 4.78 is 91.1. The highest BCUT2D eigenvalue weighted by Crippen LogP contribution is 2.32. The van der Waals surface area contributed by atoms with Crippen LogP contribution in [0.4, 0.5) is 18.3 Å². The first kappa shape index (κ1) is 22.2. The Morgan fingerprint density at radius 2 is 1.57 bits per heavy atom. The monoisotopic (exact) mass is 476 g/mol. The average Bonchev–Trinajstić information content (AvgIpc) is 3.18. The Bertz CT molecular complexity index is 1220. The number of nitrogens with one attached hydrogen (secondary N) is 1. The maximum atomic E-state index is 13.1. The molecule has 0 aliphatic carbocycles. The van der Waals surface area contributed by atoms with Crippen LogP contribution >= 0.6 is 11.3 Å². The molecule has 0 spiro atoms. The second-order valence-electron chi connectivity index (χ2n) is 6.14. The molecule has 1 heterocycles. The molecule has 0 aliphatic rings. The van der Waals surface area contributed by atoms with E-state index in [9.17, 15) is 30.0 Å². The minimum absolute atomic E-state index is 0.125. The number of thiazole rings is 1. The summed E-state index contributed by atoms with van der Waals surface area (Å²) in [4.78, 5) is 3.47. The van der Waals surface area contributed by atoms with Crippen LogP contribution in [0.3, 0.4) is 0 Å². The van der Waals surface area contributed by atoms with E-state index < -0.39 is 37.4 Å². The predicted octanol–water partition coefficient (Wildman–Crippen LogP) is 3.98. The highest BCUT2D eigenvalue weighted by atomic mass is 32.2. The lowest BCUT2D eigenvalue weighted by molar-refractivity contribution is -0.138. The van der Waals surface area contributed by atoms with Crippen LogP contribution in [0.15, 0.2) is 69.9 Å². The molecular weight excluding hydrogens is 461 g/mol. The van der Waals surface area contributed by atoms with E-state index in [0.717, 1.165) is 41.7 Å². The van der Waals surface area contributed by atoms with Gasteiger partial charge in [0.25, 0.3) is 10.0 Å². The summed E-state index contributed by atoms with van der Waals surface area (Å²) in [6.45, 7) is 0. The molecule has 3 rings (SSSR count). The molecule has 0 atom stereocenters. The van der Waals surface area contributed by atoms with Crippen LogP contribution in [-0.4, -0.2) is 27.6 Å². The molecule has 0 unspecified atom stereocenters. The van der Waals surface area contributed by atoms with Crippen molar-refractivity contribution in [3.63, 3.8) is 0 Å². The second-order valence-corrected chi connectivity index (χ2v) is 10.8. The van der Waals surface area contributed by atoms with Gasteiger partial charge in [-0.3, -0.25) is 4.72 Å². The molecule has 0 fully saturated rings. The van der Waals surface area contributed by atoms with Crippen LogP contribution in [0, 0.1) is 0 Å². The van der Waals surface area contributed by atoms with E-state index >= 15 is 0 Å². The quantitative estimate of drug-likeness (QED) is 0.557. The van der Waals surface area contributed by atoms with Gasteiger partial charge in [-0.2, -0.15) is 13.2 Å². The van der Waals surface area contributed by atoms with Gasteiger partial charge in [0.2, 0.25) is 0 Å². The maximum Gasteiger partial charge on any atom is 0.416 e. The van der Waals surface area contributed by atoms with Crippen molar-refractivity contribution in [2.24, 2.45) is 0 Å². The number of aromatic nitrogens is 1. The number of sulfone groups is 1. The predicted molar refractivity (Wildman–Crippen MR) is 107 cm³/mol. The Kier molecular flexibility index (Phi) is 6.20. The number of anilines is 1. The van der Waals surface area contributed by atoms with Gasteiger partial charge in [-0.1, -0.05) is 18.2 Å². The van der Waals surface area contributed by atoms with Crippen molar-refractivity contribution in [3.05, 3.63) is 71.2 Å². The van der Waals surface area contributed by atoms with Crippen LogP contribution in [0.1, 0.15) is 11.1 Å². The first-order valence-electron chi connectivity index (χ1n) is 8.39. The minimum atomic E-state index is -4.58. The number of sulfonamides is 1. The highest BCUT2D eigenvalue weighted by molar-refractivity contribution is 7.93. The zero-order valence-electron chi connectivity index (χ0n) is 15.1. The molecule has 0 radical (unpaired) electrons. The van der Waals surface area contributed by atoms with E-state index in [1.165, 1.54) is 24.4 Å². The smallest absolute Gasteiger partial charge is 0.255 e. The van der Waals surface area contributed by atoms with E-state index in [0.29, 0.717) is 0 Å². The van der Waals surface area contributed by atoms with Crippen LogP contribution in [-0.2, 0) is 32.5 Å². The lowest BCUT2D eigenvalue weighted by Crippen LogP contribution is -2.15. The molecule has 3 aromatic rings. The van der Waals surface area contributed by atoms with Crippen LogP contribution in [0.5, 0.6) is 0 Å². The molecular formula is C18H15F3N2O4S3. The molecule has 2 aromatic carbocycles. The summed E-state index contributed by atoms with van der Waals surface area (Å²) in [5, 5.41) is 1.75. The van der Waals surface area contributed by atoms with E-state index in [1.54, 1.807) is 5.38 Å². The van der Waals surface area contributed by atoms with E-state index in [-0.39, 0.29) is 26.9 Å². The number of benzene rings is 2. The van der Waals surface area contributed by atoms with Crippen molar-refractivity contribution in [1.82, 2.24) is 4.98 Å². The van der Waals surface area contributed by atoms with Gasteiger partial charge in [-0.25, -0.2) is 21.8 Å². The first-order valence-corrected chi connectivity index (χ1v) is 12.4. The zero-order chi connectivity index (χ0) is 22.0. The summed E-state index contributed by atoms with van der Waals surface area (Å²) in [6, 6.07) is 9.24. The minimum Gasteiger partial charge on any atom is -0.255 e. The molecule has 30 heavy (non-hydrogen) atoms. The van der Waals surface area contributed by atoms with Gasteiger partial charge < -0.3 is 0 Å². The molecule has 1 aromatic heterocycles. The maximum absolute atomic E-state index is 13.1. The molecule has 1 N–H and O–H groups in total. The third kappa shape index (κ3) is 5.18. The summed E-state index contributed by atoms with van der Waals surface area (Å²) in [6.07, 6.45) is -3.49. The Balaban J connectivity index is 1.76. The summed E-state index contributed by atoms with van der Waals surface area (Å²) in [5.74, 6) is -0.552. The van der Waals surface area contributed by atoms with E-state index in [4.69, 9.17) is 0 Å². The lowest BCUT2D eigenvalue weighted by atomic mass is 10.1. The van der Waals surface area contributed by atoms with Crippen molar-refractivity contribution in [2.75, 3.05) is 10.5 Å². The van der Waals surface area contributed by atoms with Gasteiger partial charge in [-0.15, -0.1) is 11.3 Å². The Labute approximate surface area is 175 Å². The molecule has 0 aliphatic heterocycles. The number of hydrogen-bond acceptors (Lipinski definition) is 6. The number of hydrogen-bond donors (Lipinski definition) is 1. The summed E-state index contributed by atoms with van der Waals surface area (Å²) >= 11 is 1.08. The molecule has 0 saturated heterocycles. The Hall–Kier alpha value is -2.44. The topological polar surface area (TPSA) is 93.2 Å². The van der Waals surface area contributed by atoms with Gasteiger partial charge in [0.1, 0.15) is 0 Å². The number of aryl methyl sites for hydroxylation is 1. The van der Waals surface area contributed by atoms with E-state index in [2.05, 4.69) is 9.71 Å². The molecule has 0 amide bonds. The normalized spacial score (nSPS) is 12.6. The first-order chi connectivity index (χ1) is 14.0. The molecule has 6 nitrogen and oxygen atoms in total. The zero-order valence-corrected chi connectivity index (χ0v) is 17.6. The van der Waals surface area contributed by atoms with Crippen LogP contribution in [0.2, 0.25) is 0 Å². The van der Waals surface area contributed by atoms with Crippen LogP contribution < -0.4 is 4.72 Å².